The number of hydrogen-bond acceptors (Lipinski definition) is 5. The molecule has 0 aliphatic rings. The molecule has 0 spiro atoms. The molecule has 0 atom stereocenters. The molecule has 1 aromatic heterocycles. The number of hydrogen-bond donors (Lipinski definition) is 1. The van der Waals surface area contributed by atoms with Crippen molar-refractivity contribution in [3.05, 3.63) is 78.4 Å². The highest BCUT2D eigenvalue weighted by Gasteiger charge is 2.24. The minimum atomic E-state index is -3.68. The fraction of sp³-hybridized carbons (Fsp3) is 0.167. The van der Waals surface area contributed by atoms with E-state index in [1.807, 2.05) is 24.3 Å². The summed E-state index contributed by atoms with van der Waals surface area (Å²) < 4.78 is 32.5. The molecular formula is C24H23N3O4S. The van der Waals surface area contributed by atoms with Crippen molar-refractivity contribution in [1.29, 1.82) is 0 Å². The zero-order chi connectivity index (χ0) is 22.9. The molecule has 4 aromatic rings. The van der Waals surface area contributed by atoms with E-state index in [0.29, 0.717) is 17.2 Å². The van der Waals surface area contributed by atoms with Crippen LogP contribution in [-0.4, -0.2) is 36.7 Å². The number of carbonyl (C=O) groups excluding carboxylic acids is 1. The van der Waals surface area contributed by atoms with Gasteiger partial charge in [-0.2, -0.15) is 4.31 Å². The summed E-state index contributed by atoms with van der Waals surface area (Å²) in [6, 6.07) is 20.4. The van der Waals surface area contributed by atoms with E-state index < -0.39 is 15.9 Å². The zero-order valence-electron chi connectivity index (χ0n) is 17.9. The molecule has 4 rings (SSSR count). The highest BCUT2D eigenvalue weighted by Crippen LogP contribution is 2.25. The number of nitrogens with zero attached hydrogens (tertiary/aromatic N) is 2. The monoisotopic (exact) mass is 449 g/mol. The van der Waals surface area contributed by atoms with Gasteiger partial charge in [0.25, 0.3) is 5.91 Å². The summed E-state index contributed by atoms with van der Waals surface area (Å²) in [5.74, 6) is 0.0973. The summed E-state index contributed by atoms with van der Waals surface area (Å²) in [6.07, 6.45) is 0. The SMILES string of the molecule is CC(C)N(C)S(=O)(=O)c1cccc(C(=O)Nc2ccc(-c3nc4ccccc4o3)cc2)c1. The molecular weight excluding hydrogens is 426 g/mol. The lowest BCUT2D eigenvalue weighted by atomic mass is 10.2. The summed E-state index contributed by atoms with van der Waals surface area (Å²) in [5.41, 5.74) is 3.09. The molecule has 0 unspecified atom stereocenters. The zero-order valence-corrected chi connectivity index (χ0v) is 18.8. The van der Waals surface area contributed by atoms with Gasteiger partial charge in [0.15, 0.2) is 5.58 Å². The van der Waals surface area contributed by atoms with Crippen LogP contribution in [0.4, 0.5) is 5.69 Å². The Morgan fingerprint density at radius 2 is 1.72 bits per heavy atom. The number of anilines is 1. The third-order valence-electron chi connectivity index (χ3n) is 5.18. The standard InChI is InChI=1S/C24H23N3O4S/c1-16(2)27(3)32(29,30)20-8-6-7-18(15-20)23(28)25-19-13-11-17(12-14-19)24-26-21-9-4-5-10-22(21)31-24/h4-16H,1-3H3,(H,25,28). The lowest BCUT2D eigenvalue weighted by Gasteiger charge is -2.21. The Bertz CT molecular complexity index is 1340. The van der Waals surface area contributed by atoms with Crippen LogP contribution in [0.2, 0.25) is 0 Å². The van der Waals surface area contributed by atoms with Crippen LogP contribution in [0.5, 0.6) is 0 Å². The Labute approximate surface area is 186 Å². The number of fused-ring (bicyclic) bond motifs is 1. The van der Waals surface area contributed by atoms with Crippen molar-refractivity contribution in [2.24, 2.45) is 0 Å². The van der Waals surface area contributed by atoms with Gasteiger partial charge < -0.3 is 9.73 Å². The maximum absolute atomic E-state index is 12.7. The molecule has 1 N–H and O–H groups in total. The number of nitrogens with one attached hydrogen (secondary N) is 1. The molecule has 8 heteroatoms. The number of oxazole rings is 1. The van der Waals surface area contributed by atoms with Crippen LogP contribution in [0.3, 0.4) is 0 Å². The molecule has 0 bridgehead atoms. The van der Waals surface area contributed by atoms with Crippen molar-refractivity contribution in [2.75, 3.05) is 12.4 Å². The predicted octanol–water partition coefficient (Wildman–Crippen LogP) is 4.78. The van der Waals surface area contributed by atoms with E-state index in [2.05, 4.69) is 10.3 Å². The van der Waals surface area contributed by atoms with Crippen molar-refractivity contribution >= 4 is 32.7 Å². The second kappa shape index (κ2) is 8.57. The Kier molecular flexibility index (Phi) is 5.82. The molecule has 1 heterocycles. The van der Waals surface area contributed by atoms with Crippen LogP contribution in [0.25, 0.3) is 22.6 Å². The molecule has 0 aliphatic carbocycles. The van der Waals surface area contributed by atoms with Crippen LogP contribution in [0.1, 0.15) is 24.2 Å². The number of para-hydroxylation sites is 2. The lowest BCUT2D eigenvalue weighted by Crippen LogP contribution is -2.33. The van der Waals surface area contributed by atoms with Crippen LogP contribution < -0.4 is 5.32 Å². The average molecular weight is 450 g/mol. The predicted molar refractivity (Wildman–Crippen MR) is 124 cm³/mol. The van der Waals surface area contributed by atoms with Gasteiger partial charge in [0.1, 0.15) is 5.52 Å². The Hall–Kier alpha value is -3.49. The van der Waals surface area contributed by atoms with Crippen molar-refractivity contribution in [2.45, 2.75) is 24.8 Å². The molecule has 7 nitrogen and oxygen atoms in total. The first-order valence-corrected chi connectivity index (χ1v) is 11.5. The second-order valence-corrected chi connectivity index (χ2v) is 9.66. The van der Waals surface area contributed by atoms with Crippen molar-refractivity contribution < 1.29 is 17.6 Å². The topological polar surface area (TPSA) is 92.5 Å². The van der Waals surface area contributed by atoms with Gasteiger partial charge in [0, 0.05) is 29.9 Å². The van der Waals surface area contributed by atoms with E-state index in [1.54, 1.807) is 50.2 Å². The minimum absolute atomic E-state index is 0.0765. The Morgan fingerprint density at radius 3 is 2.41 bits per heavy atom. The summed E-state index contributed by atoms with van der Waals surface area (Å²) >= 11 is 0. The van der Waals surface area contributed by atoms with Gasteiger partial charge in [-0.05, 0) is 68.4 Å². The van der Waals surface area contributed by atoms with E-state index in [1.165, 1.54) is 23.5 Å². The molecule has 0 aliphatic heterocycles. The van der Waals surface area contributed by atoms with Gasteiger partial charge in [0.2, 0.25) is 15.9 Å². The van der Waals surface area contributed by atoms with E-state index in [9.17, 15) is 13.2 Å². The van der Waals surface area contributed by atoms with Crippen molar-refractivity contribution in [3.63, 3.8) is 0 Å². The number of sulfonamides is 1. The van der Waals surface area contributed by atoms with E-state index >= 15 is 0 Å². The maximum Gasteiger partial charge on any atom is 0.255 e. The van der Waals surface area contributed by atoms with Gasteiger partial charge in [-0.1, -0.05) is 18.2 Å². The molecule has 164 valence electrons. The van der Waals surface area contributed by atoms with Crippen molar-refractivity contribution in [1.82, 2.24) is 9.29 Å². The van der Waals surface area contributed by atoms with Crippen LogP contribution >= 0.6 is 0 Å². The van der Waals surface area contributed by atoms with Gasteiger partial charge >= 0.3 is 0 Å². The number of aromatic nitrogens is 1. The number of benzene rings is 3. The third-order valence-corrected chi connectivity index (χ3v) is 7.21. The third kappa shape index (κ3) is 4.28. The van der Waals surface area contributed by atoms with Crippen LogP contribution in [-0.2, 0) is 10.0 Å². The van der Waals surface area contributed by atoms with Crippen LogP contribution in [0.15, 0.2) is 82.1 Å². The quantitative estimate of drug-likeness (QED) is 0.457. The van der Waals surface area contributed by atoms with E-state index in [-0.39, 0.29) is 16.5 Å². The molecule has 0 saturated heterocycles. The van der Waals surface area contributed by atoms with Gasteiger partial charge in [-0.25, -0.2) is 13.4 Å². The van der Waals surface area contributed by atoms with Crippen molar-refractivity contribution in [3.8, 4) is 11.5 Å². The summed E-state index contributed by atoms with van der Waals surface area (Å²) in [4.78, 5) is 17.3. The average Bonchev–Trinajstić information content (AvgIpc) is 3.23. The molecule has 0 radical (unpaired) electrons. The first-order chi connectivity index (χ1) is 15.3. The normalized spacial score (nSPS) is 11.9. The number of amides is 1. The van der Waals surface area contributed by atoms with Crippen LogP contribution in [0, 0.1) is 0 Å². The molecule has 32 heavy (non-hydrogen) atoms. The van der Waals surface area contributed by atoms with Gasteiger partial charge in [-0.3, -0.25) is 4.79 Å². The molecule has 0 saturated carbocycles. The lowest BCUT2D eigenvalue weighted by molar-refractivity contribution is 0.102. The smallest absolute Gasteiger partial charge is 0.255 e. The van der Waals surface area contributed by atoms with E-state index in [4.69, 9.17) is 4.42 Å². The Balaban J connectivity index is 1.52. The van der Waals surface area contributed by atoms with Gasteiger partial charge in [0.05, 0.1) is 4.90 Å². The molecule has 1 amide bonds. The van der Waals surface area contributed by atoms with Gasteiger partial charge in [-0.15, -0.1) is 0 Å². The fourth-order valence-electron chi connectivity index (χ4n) is 3.14. The maximum atomic E-state index is 12.7. The highest BCUT2D eigenvalue weighted by molar-refractivity contribution is 7.89. The largest absolute Gasteiger partial charge is 0.436 e. The minimum Gasteiger partial charge on any atom is -0.436 e. The molecule has 0 fully saturated rings. The second-order valence-electron chi connectivity index (χ2n) is 7.66. The summed E-state index contributed by atoms with van der Waals surface area (Å²) in [6.45, 7) is 3.58. The Morgan fingerprint density at radius 1 is 1.00 bits per heavy atom. The molecule has 3 aromatic carbocycles. The highest BCUT2D eigenvalue weighted by atomic mass is 32.2. The first kappa shape index (κ1) is 21.7. The van der Waals surface area contributed by atoms with E-state index in [0.717, 1.165) is 11.1 Å². The summed E-state index contributed by atoms with van der Waals surface area (Å²) in [5, 5.41) is 2.80. The summed E-state index contributed by atoms with van der Waals surface area (Å²) in [7, 11) is -2.16. The fourth-order valence-corrected chi connectivity index (χ4v) is 4.55. The first-order valence-electron chi connectivity index (χ1n) is 10.1. The number of carbonyl (C=O) groups is 1. The number of rotatable bonds is 6.